The van der Waals surface area contributed by atoms with Gasteiger partial charge in [0.1, 0.15) is 5.82 Å². The molecule has 0 atom stereocenters. The highest BCUT2D eigenvalue weighted by Gasteiger charge is 2.24. The highest BCUT2D eigenvalue weighted by atomic mass is 127. The molecule has 0 spiro atoms. The Balaban J connectivity index is 1.96. The molecule has 3 aromatic rings. The SMILES string of the molecule is CCc1cc2c(NC3CC3)nc(-c3ccccc3C)nc2n1SI. The van der Waals surface area contributed by atoms with Crippen LogP contribution in [0.15, 0.2) is 30.3 Å². The zero-order chi connectivity index (χ0) is 16.7. The molecule has 0 radical (unpaired) electrons. The van der Waals surface area contributed by atoms with Gasteiger partial charge in [-0.25, -0.2) is 9.97 Å². The monoisotopic (exact) mass is 450 g/mol. The maximum absolute atomic E-state index is 4.92. The van der Waals surface area contributed by atoms with Crippen molar-refractivity contribution in [1.29, 1.82) is 0 Å². The lowest BCUT2D eigenvalue weighted by atomic mass is 10.1. The van der Waals surface area contributed by atoms with Crippen LogP contribution in [-0.4, -0.2) is 20.0 Å². The predicted molar refractivity (Wildman–Crippen MR) is 111 cm³/mol. The molecule has 0 saturated heterocycles. The molecule has 4 rings (SSSR count). The van der Waals surface area contributed by atoms with Gasteiger partial charge in [-0.2, -0.15) is 0 Å². The van der Waals surface area contributed by atoms with Crippen molar-refractivity contribution in [1.82, 2.24) is 13.9 Å². The Morgan fingerprint density at radius 1 is 1.29 bits per heavy atom. The van der Waals surface area contributed by atoms with Gasteiger partial charge in [0.2, 0.25) is 0 Å². The summed E-state index contributed by atoms with van der Waals surface area (Å²) in [5.74, 6) is 1.77. The fraction of sp³-hybridized carbons (Fsp3) is 0.333. The van der Waals surface area contributed by atoms with Gasteiger partial charge in [-0.15, -0.1) is 0 Å². The zero-order valence-electron chi connectivity index (χ0n) is 13.7. The maximum Gasteiger partial charge on any atom is 0.164 e. The third kappa shape index (κ3) is 2.90. The molecule has 2 aromatic heterocycles. The van der Waals surface area contributed by atoms with Crippen LogP contribution in [0.2, 0.25) is 0 Å². The lowest BCUT2D eigenvalue weighted by Crippen LogP contribution is -2.06. The van der Waals surface area contributed by atoms with Crippen LogP contribution in [0.1, 0.15) is 31.0 Å². The van der Waals surface area contributed by atoms with Crippen molar-refractivity contribution in [2.45, 2.75) is 39.2 Å². The molecule has 0 bridgehead atoms. The normalized spacial score (nSPS) is 14.3. The summed E-state index contributed by atoms with van der Waals surface area (Å²) in [6, 6.07) is 11.1. The van der Waals surface area contributed by atoms with E-state index in [2.05, 4.69) is 68.6 Å². The molecule has 0 amide bonds. The van der Waals surface area contributed by atoms with Gasteiger partial charge in [0, 0.05) is 47.6 Å². The first-order valence-electron chi connectivity index (χ1n) is 8.25. The van der Waals surface area contributed by atoms with E-state index in [0.29, 0.717) is 6.04 Å². The summed E-state index contributed by atoms with van der Waals surface area (Å²) in [5.41, 5.74) is 4.58. The molecule has 2 heterocycles. The van der Waals surface area contributed by atoms with Gasteiger partial charge in [0.15, 0.2) is 11.5 Å². The Morgan fingerprint density at radius 2 is 2.08 bits per heavy atom. The Morgan fingerprint density at radius 3 is 2.75 bits per heavy atom. The summed E-state index contributed by atoms with van der Waals surface area (Å²) in [6.45, 7) is 4.29. The first-order valence-corrected chi connectivity index (χ1v) is 11.6. The van der Waals surface area contributed by atoms with E-state index in [0.717, 1.165) is 34.7 Å². The number of aromatic nitrogens is 3. The largest absolute Gasteiger partial charge is 0.367 e. The zero-order valence-corrected chi connectivity index (χ0v) is 16.7. The highest BCUT2D eigenvalue weighted by Crippen LogP contribution is 2.35. The minimum absolute atomic E-state index is 0.563. The van der Waals surface area contributed by atoms with Crippen molar-refractivity contribution >= 4 is 47.2 Å². The summed E-state index contributed by atoms with van der Waals surface area (Å²) in [6.07, 6.45) is 3.44. The molecule has 1 N–H and O–H groups in total. The van der Waals surface area contributed by atoms with E-state index in [-0.39, 0.29) is 0 Å². The van der Waals surface area contributed by atoms with E-state index in [4.69, 9.17) is 9.97 Å². The summed E-state index contributed by atoms with van der Waals surface area (Å²) in [4.78, 5) is 9.81. The number of benzene rings is 1. The van der Waals surface area contributed by atoms with Gasteiger partial charge in [-0.3, -0.25) is 3.97 Å². The van der Waals surface area contributed by atoms with Crippen LogP contribution in [0, 0.1) is 6.92 Å². The topological polar surface area (TPSA) is 42.7 Å². The maximum atomic E-state index is 4.92. The molecule has 0 unspecified atom stereocenters. The van der Waals surface area contributed by atoms with Gasteiger partial charge in [-0.05, 0) is 37.8 Å². The Labute approximate surface area is 158 Å². The van der Waals surface area contributed by atoms with Crippen molar-refractivity contribution in [2.24, 2.45) is 0 Å². The number of rotatable bonds is 5. The van der Waals surface area contributed by atoms with E-state index in [1.165, 1.54) is 24.1 Å². The molecule has 6 heteroatoms. The van der Waals surface area contributed by atoms with E-state index in [1.54, 1.807) is 9.12 Å². The van der Waals surface area contributed by atoms with Crippen LogP contribution >= 0.6 is 30.3 Å². The fourth-order valence-corrected chi connectivity index (χ4v) is 4.70. The third-order valence-electron chi connectivity index (χ3n) is 4.43. The summed E-state index contributed by atoms with van der Waals surface area (Å²) in [5, 5.41) is 4.73. The molecular weight excluding hydrogens is 431 g/mol. The number of fused-ring (bicyclic) bond motifs is 1. The van der Waals surface area contributed by atoms with Crippen molar-refractivity contribution in [3.8, 4) is 11.4 Å². The van der Waals surface area contributed by atoms with Gasteiger partial charge < -0.3 is 5.32 Å². The van der Waals surface area contributed by atoms with Crippen LogP contribution in [-0.2, 0) is 6.42 Å². The highest BCUT2D eigenvalue weighted by molar-refractivity contribution is 14.2. The van der Waals surface area contributed by atoms with E-state index < -0.39 is 0 Å². The van der Waals surface area contributed by atoms with E-state index >= 15 is 0 Å². The lowest BCUT2D eigenvalue weighted by Gasteiger charge is -2.10. The molecule has 24 heavy (non-hydrogen) atoms. The first kappa shape index (κ1) is 16.2. The summed E-state index contributed by atoms with van der Waals surface area (Å²) < 4.78 is 2.22. The number of anilines is 1. The number of hydrogen-bond acceptors (Lipinski definition) is 4. The van der Waals surface area contributed by atoms with Crippen molar-refractivity contribution in [3.63, 3.8) is 0 Å². The molecule has 1 saturated carbocycles. The number of aryl methyl sites for hydroxylation is 2. The van der Waals surface area contributed by atoms with E-state index in [1.807, 2.05) is 6.07 Å². The Bertz CT molecular complexity index is 901. The van der Waals surface area contributed by atoms with Crippen LogP contribution < -0.4 is 5.32 Å². The minimum Gasteiger partial charge on any atom is -0.367 e. The molecule has 1 aromatic carbocycles. The van der Waals surface area contributed by atoms with Gasteiger partial charge in [0.25, 0.3) is 0 Å². The second kappa shape index (κ2) is 6.55. The second-order valence-corrected chi connectivity index (χ2v) is 7.90. The summed E-state index contributed by atoms with van der Waals surface area (Å²) in [7, 11) is 1.68. The molecule has 124 valence electrons. The van der Waals surface area contributed by atoms with Crippen LogP contribution in [0.4, 0.5) is 5.82 Å². The van der Waals surface area contributed by atoms with Crippen molar-refractivity contribution in [3.05, 3.63) is 41.6 Å². The predicted octanol–water partition coefficient (Wildman–Crippen LogP) is 5.39. The quantitative estimate of drug-likeness (QED) is 0.530. The average Bonchev–Trinajstić information content (AvgIpc) is 3.33. The molecule has 1 aliphatic rings. The molecule has 1 aliphatic carbocycles. The van der Waals surface area contributed by atoms with Gasteiger partial charge in [0.05, 0.1) is 5.39 Å². The number of nitrogens with zero attached hydrogens (tertiary/aromatic N) is 3. The number of nitrogens with one attached hydrogen (secondary N) is 1. The molecule has 1 fully saturated rings. The van der Waals surface area contributed by atoms with E-state index in [9.17, 15) is 0 Å². The first-order chi connectivity index (χ1) is 11.7. The standard InChI is InChI=1S/C18H19IN4S/c1-3-13-10-15-17(20-12-8-9-12)21-16(22-18(15)23(13)24-19)14-7-5-4-6-11(14)2/h4-7,10,12H,3,8-9H2,1-2H3,(H,20,21,22). The van der Waals surface area contributed by atoms with Gasteiger partial charge in [-0.1, -0.05) is 31.2 Å². The number of hydrogen-bond donors (Lipinski definition) is 1. The Hall–Kier alpha value is -1.28. The molecule has 0 aliphatic heterocycles. The smallest absolute Gasteiger partial charge is 0.164 e. The van der Waals surface area contributed by atoms with Crippen LogP contribution in [0.25, 0.3) is 22.4 Å². The molecule has 4 nitrogen and oxygen atoms in total. The lowest BCUT2D eigenvalue weighted by molar-refractivity contribution is 1.03. The summed E-state index contributed by atoms with van der Waals surface area (Å²) >= 11 is 2.33. The Kier molecular flexibility index (Phi) is 4.42. The minimum atomic E-state index is 0.563. The van der Waals surface area contributed by atoms with Gasteiger partial charge >= 0.3 is 0 Å². The molecular formula is C18H19IN4S. The third-order valence-corrected chi connectivity index (χ3v) is 6.15. The van der Waals surface area contributed by atoms with Crippen LogP contribution in [0.5, 0.6) is 0 Å². The van der Waals surface area contributed by atoms with Crippen molar-refractivity contribution < 1.29 is 0 Å². The fourth-order valence-electron chi connectivity index (χ4n) is 2.90. The average molecular weight is 450 g/mol. The number of halogens is 1. The van der Waals surface area contributed by atoms with Crippen LogP contribution in [0.3, 0.4) is 0 Å². The second-order valence-electron chi connectivity index (χ2n) is 6.22. The van der Waals surface area contributed by atoms with Crippen molar-refractivity contribution in [2.75, 3.05) is 5.32 Å².